The number of rotatable bonds is 15. The second-order valence-electron chi connectivity index (χ2n) is 7.94. The first-order chi connectivity index (χ1) is 15.2. The Morgan fingerprint density at radius 2 is 1.94 bits per heavy atom. The van der Waals surface area contributed by atoms with Crippen molar-refractivity contribution >= 4 is 11.6 Å². The largest absolute Gasteiger partial charge is 0.491 e. The Bertz CT molecular complexity index is 601. The highest BCUT2D eigenvalue weighted by atomic mass is 16.5. The molecule has 0 bridgehead atoms. The third kappa shape index (κ3) is 12.0. The predicted octanol–water partition coefficient (Wildman–Crippen LogP) is 4.23. The van der Waals surface area contributed by atoms with Crippen molar-refractivity contribution in [1.29, 1.82) is 0 Å². The van der Waals surface area contributed by atoms with Crippen LogP contribution in [0.1, 0.15) is 52.9 Å². The molecule has 1 aromatic rings. The first-order valence-electron chi connectivity index (χ1n) is 11.8. The molecule has 1 unspecified atom stereocenters. The van der Waals surface area contributed by atoms with Crippen LogP contribution >= 0.6 is 0 Å². The molecule has 176 valence electrons. The minimum absolute atomic E-state index is 0.164. The molecule has 2 N–H and O–H groups in total. The lowest BCUT2D eigenvalue weighted by atomic mass is 10.2. The molecule has 0 aromatic heterocycles. The van der Waals surface area contributed by atoms with Crippen LogP contribution in [0.25, 0.3) is 0 Å². The van der Waals surface area contributed by atoms with Crippen LogP contribution in [0.2, 0.25) is 0 Å². The maximum atomic E-state index is 5.74. The fourth-order valence-electron chi connectivity index (χ4n) is 3.19. The van der Waals surface area contributed by atoms with Gasteiger partial charge in [0.15, 0.2) is 5.96 Å². The second-order valence-corrected chi connectivity index (χ2v) is 7.94. The van der Waals surface area contributed by atoms with E-state index in [0.29, 0.717) is 19.8 Å². The molecule has 1 heterocycles. The molecule has 0 radical (unpaired) electrons. The van der Waals surface area contributed by atoms with Crippen LogP contribution in [0.5, 0.6) is 5.75 Å². The van der Waals surface area contributed by atoms with Crippen LogP contribution < -0.4 is 15.4 Å². The number of ether oxygens (including phenoxy) is 4. The SMILES string of the molecule is CCOCCCCNC(=NCCCOCC1CCCO1)Nc1ccc(OC(C)C)cc1. The van der Waals surface area contributed by atoms with E-state index >= 15 is 0 Å². The number of nitrogens with one attached hydrogen (secondary N) is 2. The van der Waals surface area contributed by atoms with Gasteiger partial charge in [-0.25, -0.2) is 0 Å². The quantitative estimate of drug-likeness (QED) is 0.244. The van der Waals surface area contributed by atoms with E-state index in [0.717, 1.165) is 75.9 Å². The van der Waals surface area contributed by atoms with Crippen molar-refractivity contribution in [1.82, 2.24) is 5.32 Å². The molecule has 1 saturated heterocycles. The van der Waals surface area contributed by atoms with Crippen molar-refractivity contribution in [2.45, 2.75) is 65.1 Å². The number of hydrogen-bond acceptors (Lipinski definition) is 5. The zero-order valence-corrected chi connectivity index (χ0v) is 19.5. The maximum absolute atomic E-state index is 5.74. The van der Waals surface area contributed by atoms with Crippen molar-refractivity contribution in [2.75, 3.05) is 51.4 Å². The van der Waals surface area contributed by atoms with Crippen molar-refractivity contribution in [3.8, 4) is 5.75 Å². The Morgan fingerprint density at radius 3 is 2.65 bits per heavy atom. The van der Waals surface area contributed by atoms with Crippen molar-refractivity contribution in [2.24, 2.45) is 4.99 Å². The summed E-state index contributed by atoms with van der Waals surface area (Å²) < 4.78 is 22.4. The highest BCUT2D eigenvalue weighted by Crippen LogP contribution is 2.17. The van der Waals surface area contributed by atoms with Gasteiger partial charge in [0.25, 0.3) is 0 Å². The van der Waals surface area contributed by atoms with E-state index in [1.165, 1.54) is 0 Å². The van der Waals surface area contributed by atoms with Crippen LogP contribution in [0, 0.1) is 0 Å². The molecule has 0 amide bonds. The maximum Gasteiger partial charge on any atom is 0.195 e. The molecule has 0 saturated carbocycles. The third-order valence-corrected chi connectivity index (χ3v) is 4.75. The zero-order chi connectivity index (χ0) is 22.2. The minimum atomic E-state index is 0.164. The van der Waals surface area contributed by atoms with E-state index in [-0.39, 0.29) is 12.2 Å². The van der Waals surface area contributed by atoms with Gasteiger partial charge in [-0.05, 0) is 77.1 Å². The van der Waals surface area contributed by atoms with Crippen LogP contribution in [0.15, 0.2) is 29.3 Å². The molecule has 31 heavy (non-hydrogen) atoms. The monoisotopic (exact) mass is 435 g/mol. The average molecular weight is 436 g/mol. The lowest BCUT2D eigenvalue weighted by Gasteiger charge is -2.14. The number of anilines is 1. The van der Waals surface area contributed by atoms with Gasteiger partial charge in [-0.15, -0.1) is 0 Å². The number of hydrogen-bond donors (Lipinski definition) is 2. The number of nitrogens with zero attached hydrogens (tertiary/aromatic N) is 1. The lowest BCUT2D eigenvalue weighted by Crippen LogP contribution is -2.32. The summed E-state index contributed by atoms with van der Waals surface area (Å²) in [6.45, 7) is 11.5. The Hall–Kier alpha value is -1.83. The van der Waals surface area contributed by atoms with Crippen molar-refractivity contribution in [3.63, 3.8) is 0 Å². The van der Waals surface area contributed by atoms with Crippen LogP contribution in [0.4, 0.5) is 5.69 Å². The highest BCUT2D eigenvalue weighted by Gasteiger charge is 2.14. The fraction of sp³-hybridized carbons (Fsp3) is 0.708. The van der Waals surface area contributed by atoms with Gasteiger partial charge in [0.1, 0.15) is 5.75 Å². The van der Waals surface area contributed by atoms with Gasteiger partial charge in [0.05, 0.1) is 18.8 Å². The normalized spacial score (nSPS) is 16.6. The molecule has 0 aliphatic carbocycles. The molecular weight excluding hydrogens is 394 g/mol. The summed E-state index contributed by atoms with van der Waals surface area (Å²) in [5, 5.41) is 6.81. The Balaban J connectivity index is 1.76. The van der Waals surface area contributed by atoms with Crippen LogP contribution in [-0.2, 0) is 14.2 Å². The summed E-state index contributed by atoms with van der Waals surface area (Å²) in [4.78, 5) is 4.71. The fourth-order valence-corrected chi connectivity index (χ4v) is 3.19. The molecule has 1 fully saturated rings. The highest BCUT2D eigenvalue weighted by molar-refractivity contribution is 5.93. The molecule has 7 heteroatoms. The molecule has 1 aromatic carbocycles. The summed E-state index contributed by atoms with van der Waals surface area (Å²) in [7, 11) is 0. The Morgan fingerprint density at radius 1 is 1.13 bits per heavy atom. The minimum Gasteiger partial charge on any atom is -0.491 e. The number of unbranched alkanes of at least 4 members (excludes halogenated alkanes) is 1. The van der Waals surface area contributed by atoms with E-state index < -0.39 is 0 Å². The van der Waals surface area contributed by atoms with E-state index in [2.05, 4.69) is 10.6 Å². The van der Waals surface area contributed by atoms with E-state index in [9.17, 15) is 0 Å². The molecule has 0 spiro atoms. The molecular formula is C24H41N3O4. The summed E-state index contributed by atoms with van der Waals surface area (Å²) in [5.41, 5.74) is 0.978. The molecule has 1 atom stereocenters. The van der Waals surface area contributed by atoms with Crippen LogP contribution in [-0.4, -0.2) is 64.3 Å². The van der Waals surface area contributed by atoms with Gasteiger partial charge >= 0.3 is 0 Å². The third-order valence-electron chi connectivity index (χ3n) is 4.75. The number of benzene rings is 1. The van der Waals surface area contributed by atoms with Gasteiger partial charge in [-0.3, -0.25) is 4.99 Å². The zero-order valence-electron chi connectivity index (χ0n) is 19.5. The van der Waals surface area contributed by atoms with E-state index in [1.807, 2.05) is 45.0 Å². The Labute approximate surface area is 187 Å². The average Bonchev–Trinajstić information content (AvgIpc) is 3.27. The first kappa shape index (κ1) is 25.4. The predicted molar refractivity (Wildman–Crippen MR) is 126 cm³/mol. The topological polar surface area (TPSA) is 73.3 Å². The number of aliphatic imine (C=N–C) groups is 1. The van der Waals surface area contributed by atoms with Crippen LogP contribution in [0.3, 0.4) is 0 Å². The molecule has 2 rings (SSSR count). The number of guanidine groups is 1. The van der Waals surface area contributed by atoms with Gasteiger partial charge in [-0.1, -0.05) is 0 Å². The Kier molecular flexibility index (Phi) is 13.0. The van der Waals surface area contributed by atoms with E-state index in [1.54, 1.807) is 0 Å². The van der Waals surface area contributed by atoms with Gasteiger partial charge in [-0.2, -0.15) is 0 Å². The van der Waals surface area contributed by atoms with Crippen molar-refractivity contribution < 1.29 is 18.9 Å². The second kappa shape index (κ2) is 15.9. The standard InChI is InChI=1S/C24H41N3O4/c1-4-28-16-6-5-14-25-24(26-15-8-17-29-19-23-9-7-18-30-23)27-21-10-12-22(13-11-21)31-20(2)3/h10-13,20,23H,4-9,14-19H2,1-3H3,(H2,25,26,27). The van der Waals surface area contributed by atoms with Gasteiger partial charge in [0.2, 0.25) is 0 Å². The summed E-state index contributed by atoms with van der Waals surface area (Å²) >= 11 is 0. The first-order valence-corrected chi connectivity index (χ1v) is 11.8. The summed E-state index contributed by atoms with van der Waals surface area (Å²) in [6, 6.07) is 7.96. The smallest absolute Gasteiger partial charge is 0.195 e. The summed E-state index contributed by atoms with van der Waals surface area (Å²) in [6.07, 6.45) is 5.65. The molecule has 7 nitrogen and oxygen atoms in total. The molecule has 1 aliphatic rings. The van der Waals surface area contributed by atoms with E-state index in [4.69, 9.17) is 23.9 Å². The van der Waals surface area contributed by atoms with Gasteiger partial charge in [0, 0.05) is 45.2 Å². The lowest BCUT2D eigenvalue weighted by molar-refractivity contribution is 0.0171. The van der Waals surface area contributed by atoms with Gasteiger partial charge < -0.3 is 29.6 Å². The molecule has 1 aliphatic heterocycles. The summed E-state index contributed by atoms with van der Waals surface area (Å²) in [5.74, 6) is 1.65. The van der Waals surface area contributed by atoms with Crippen molar-refractivity contribution in [3.05, 3.63) is 24.3 Å².